The Bertz CT molecular complexity index is 1080. The summed E-state index contributed by atoms with van der Waals surface area (Å²) in [6.07, 6.45) is 11.1. The summed E-state index contributed by atoms with van der Waals surface area (Å²) >= 11 is 0. The molecule has 4 saturated heterocycles. The summed E-state index contributed by atoms with van der Waals surface area (Å²) in [5.74, 6) is 1.70. The molecule has 2 N–H and O–H groups in total. The van der Waals surface area contributed by atoms with E-state index in [9.17, 15) is 5.11 Å². The van der Waals surface area contributed by atoms with Crippen molar-refractivity contribution in [3.05, 3.63) is 35.5 Å². The van der Waals surface area contributed by atoms with Crippen LogP contribution in [0.15, 0.2) is 24.3 Å². The van der Waals surface area contributed by atoms with Gasteiger partial charge in [-0.3, -0.25) is 4.90 Å². The molecule has 2 unspecified atom stereocenters. The van der Waals surface area contributed by atoms with E-state index in [1.165, 1.54) is 51.6 Å². The zero-order chi connectivity index (χ0) is 23.8. The van der Waals surface area contributed by atoms with E-state index in [1.807, 2.05) is 24.3 Å². The highest BCUT2D eigenvalue weighted by atomic mass is 16.5. The third-order valence-corrected chi connectivity index (χ3v) is 8.16. The number of aromatic hydroxyl groups is 1. The molecule has 1 aromatic carbocycles. The van der Waals surface area contributed by atoms with Crippen LogP contribution in [0.4, 0.5) is 5.82 Å². The Morgan fingerprint density at radius 1 is 1.11 bits per heavy atom. The topological polar surface area (TPSA) is 83.0 Å². The first-order valence-electron chi connectivity index (χ1n) is 12.9. The Morgan fingerprint density at radius 2 is 1.89 bits per heavy atom. The minimum Gasteiger partial charge on any atom is -0.508 e. The smallest absolute Gasteiger partial charge is 0.319 e. The van der Waals surface area contributed by atoms with Gasteiger partial charge in [-0.05, 0) is 75.4 Å². The third-order valence-electron chi connectivity index (χ3n) is 8.16. The van der Waals surface area contributed by atoms with Crippen molar-refractivity contribution in [2.45, 2.75) is 56.1 Å². The number of hydrogen-bond acceptors (Lipinski definition) is 8. The number of nitrogens with one attached hydrogen (secondary N) is 1. The standard InChI is InChI=1S/C27H35N5O3/c1-34-24-23(10-7-19-5-2-6-22(33)15-19)29-26(35-18-27-11-3-13-32(27)14-4-12-27)30-25(24)31-16-20-8-9-21(17-31)28-20/h2,5-7,10,15,20-21,28,33H,3-4,8-9,11-14,16-18H2,1H3/b10-7+. The zero-order valence-electron chi connectivity index (χ0n) is 20.4. The summed E-state index contributed by atoms with van der Waals surface area (Å²) in [4.78, 5) is 14.6. The Hall–Kier alpha value is -2.84. The molecule has 0 saturated carbocycles. The number of anilines is 1. The number of phenols is 1. The molecular formula is C27H35N5O3. The zero-order valence-corrected chi connectivity index (χ0v) is 20.4. The summed E-state index contributed by atoms with van der Waals surface area (Å²) in [5.41, 5.74) is 1.71. The van der Waals surface area contributed by atoms with E-state index >= 15 is 0 Å². The lowest BCUT2D eigenvalue weighted by Crippen LogP contribution is -2.51. The van der Waals surface area contributed by atoms with Crippen LogP contribution in [0.5, 0.6) is 17.5 Å². The van der Waals surface area contributed by atoms with Crippen LogP contribution in [0, 0.1) is 0 Å². The van der Waals surface area contributed by atoms with Crippen molar-refractivity contribution in [1.82, 2.24) is 20.2 Å². The van der Waals surface area contributed by atoms with Crippen LogP contribution in [-0.4, -0.2) is 77.5 Å². The molecule has 186 valence electrons. The summed E-state index contributed by atoms with van der Waals surface area (Å²) in [6.45, 7) is 4.76. The Morgan fingerprint density at radius 3 is 2.60 bits per heavy atom. The van der Waals surface area contributed by atoms with Gasteiger partial charge in [-0.15, -0.1) is 0 Å². The van der Waals surface area contributed by atoms with Crippen LogP contribution in [0.3, 0.4) is 0 Å². The average molecular weight is 478 g/mol. The second kappa shape index (κ2) is 9.32. The number of nitrogens with zero attached hydrogens (tertiary/aromatic N) is 4. The van der Waals surface area contributed by atoms with E-state index in [0.29, 0.717) is 36.1 Å². The molecule has 5 heterocycles. The maximum absolute atomic E-state index is 9.85. The Labute approximate surface area is 207 Å². The molecule has 4 aliphatic heterocycles. The average Bonchev–Trinajstić information content (AvgIpc) is 3.54. The first-order chi connectivity index (χ1) is 17.1. The van der Waals surface area contributed by atoms with Crippen LogP contribution in [0.1, 0.15) is 49.8 Å². The van der Waals surface area contributed by atoms with Gasteiger partial charge in [0.1, 0.15) is 18.1 Å². The van der Waals surface area contributed by atoms with Crippen LogP contribution < -0.4 is 19.7 Å². The van der Waals surface area contributed by atoms with Gasteiger partial charge in [0, 0.05) is 25.2 Å². The molecule has 6 rings (SSSR count). The second-order valence-corrected chi connectivity index (χ2v) is 10.4. The molecule has 2 bridgehead atoms. The lowest BCUT2D eigenvalue weighted by atomic mass is 9.95. The fourth-order valence-electron chi connectivity index (χ4n) is 6.46. The number of fused-ring (bicyclic) bond motifs is 3. The summed E-state index contributed by atoms with van der Waals surface area (Å²) in [7, 11) is 1.68. The minimum atomic E-state index is 0.134. The molecule has 0 spiro atoms. The highest BCUT2D eigenvalue weighted by molar-refractivity contribution is 5.74. The van der Waals surface area contributed by atoms with E-state index in [1.54, 1.807) is 19.2 Å². The molecule has 1 aromatic heterocycles. The van der Waals surface area contributed by atoms with Gasteiger partial charge in [0.05, 0.1) is 12.6 Å². The lowest BCUT2D eigenvalue weighted by Gasteiger charge is -2.35. The van der Waals surface area contributed by atoms with Gasteiger partial charge in [0.2, 0.25) is 0 Å². The van der Waals surface area contributed by atoms with E-state index < -0.39 is 0 Å². The van der Waals surface area contributed by atoms with Gasteiger partial charge in [0.25, 0.3) is 0 Å². The summed E-state index contributed by atoms with van der Waals surface area (Å²) < 4.78 is 12.3. The summed E-state index contributed by atoms with van der Waals surface area (Å²) in [6, 6.07) is 8.54. The molecule has 0 radical (unpaired) electrons. The Balaban J connectivity index is 1.33. The molecule has 0 aliphatic carbocycles. The third kappa shape index (κ3) is 4.45. The normalized spacial score (nSPS) is 25.3. The van der Waals surface area contributed by atoms with Crippen LogP contribution in [0.2, 0.25) is 0 Å². The largest absolute Gasteiger partial charge is 0.508 e. The van der Waals surface area contributed by atoms with Crippen LogP contribution >= 0.6 is 0 Å². The van der Waals surface area contributed by atoms with Crippen LogP contribution in [-0.2, 0) is 0 Å². The lowest BCUT2D eigenvalue weighted by molar-refractivity contribution is 0.107. The van der Waals surface area contributed by atoms with Crippen molar-refractivity contribution in [2.24, 2.45) is 0 Å². The van der Waals surface area contributed by atoms with E-state index in [2.05, 4.69) is 15.1 Å². The number of ether oxygens (including phenoxy) is 2. The van der Waals surface area contributed by atoms with Gasteiger partial charge in [-0.1, -0.05) is 18.2 Å². The van der Waals surface area contributed by atoms with Gasteiger partial charge < -0.3 is 24.8 Å². The maximum Gasteiger partial charge on any atom is 0.319 e. The number of phenolic OH excluding ortho intramolecular Hbond substituents is 1. The monoisotopic (exact) mass is 477 g/mol. The molecule has 8 nitrogen and oxygen atoms in total. The van der Waals surface area contributed by atoms with Crippen LogP contribution in [0.25, 0.3) is 12.2 Å². The SMILES string of the molecule is COc1c(/C=C/c2cccc(O)c2)nc(OCC23CCCN2CCC3)nc1N1CC2CCC(C1)N2. The van der Waals surface area contributed by atoms with Gasteiger partial charge in [-0.2, -0.15) is 9.97 Å². The maximum atomic E-state index is 9.85. The molecule has 0 amide bonds. The molecule has 2 aromatic rings. The highest BCUT2D eigenvalue weighted by Crippen LogP contribution is 2.40. The van der Waals surface area contributed by atoms with Crippen molar-refractivity contribution in [2.75, 3.05) is 44.8 Å². The van der Waals surface area contributed by atoms with Gasteiger partial charge in [0.15, 0.2) is 11.6 Å². The fourth-order valence-corrected chi connectivity index (χ4v) is 6.46. The molecule has 4 aliphatic rings. The number of aromatic nitrogens is 2. The number of methoxy groups -OCH3 is 1. The number of benzene rings is 1. The van der Waals surface area contributed by atoms with E-state index in [0.717, 1.165) is 24.5 Å². The first-order valence-corrected chi connectivity index (χ1v) is 12.9. The molecule has 2 atom stereocenters. The minimum absolute atomic E-state index is 0.134. The van der Waals surface area contributed by atoms with Gasteiger partial charge >= 0.3 is 6.01 Å². The fraction of sp³-hybridized carbons (Fsp3) is 0.556. The molecule has 4 fully saturated rings. The number of piperazine rings is 1. The van der Waals surface area contributed by atoms with Crippen molar-refractivity contribution in [3.63, 3.8) is 0 Å². The van der Waals surface area contributed by atoms with Gasteiger partial charge in [-0.25, -0.2) is 0 Å². The highest BCUT2D eigenvalue weighted by Gasteiger charge is 2.45. The van der Waals surface area contributed by atoms with E-state index in [-0.39, 0.29) is 11.3 Å². The Kier molecular flexibility index (Phi) is 6.02. The molecule has 35 heavy (non-hydrogen) atoms. The number of hydrogen-bond donors (Lipinski definition) is 2. The van der Waals surface area contributed by atoms with Crippen molar-refractivity contribution >= 4 is 18.0 Å². The van der Waals surface area contributed by atoms with Crippen molar-refractivity contribution < 1.29 is 14.6 Å². The first kappa shape index (κ1) is 22.6. The molecule has 8 heteroatoms. The molecular weight excluding hydrogens is 442 g/mol. The number of rotatable bonds is 7. The van der Waals surface area contributed by atoms with E-state index in [4.69, 9.17) is 19.4 Å². The predicted molar refractivity (Wildman–Crippen MR) is 136 cm³/mol. The van der Waals surface area contributed by atoms with Crippen molar-refractivity contribution in [3.8, 4) is 17.5 Å². The van der Waals surface area contributed by atoms with Crippen molar-refractivity contribution in [1.29, 1.82) is 0 Å². The predicted octanol–water partition coefficient (Wildman–Crippen LogP) is 3.31. The second-order valence-electron chi connectivity index (χ2n) is 10.4. The quantitative estimate of drug-likeness (QED) is 0.629. The summed E-state index contributed by atoms with van der Waals surface area (Å²) in [5, 5.41) is 13.5.